The third kappa shape index (κ3) is 3.07. The zero-order chi connectivity index (χ0) is 14.8. The third-order valence-electron chi connectivity index (χ3n) is 3.85. The lowest BCUT2D eigenvalue weighted by atomic mass is 10.0. The molecule has 0 aromatic heterocycles. The van der Waals surface area contributed by atoms with Crippen molar-refractivity contribution < 1.29 is 9.72 Å². The number of nitro benzene ring substituents is 1. The van der Waals surface area contributed by atoms with Crippen LogP contribution < -0.4 is 11.1 Å². The number of anilines is 1. The van der Waals surface area contributed by atoms with Crippen LogP contribution in [0.5, 0.6) is 0 Å². The van der Waals surface area contributed by atoms with Gasteiger partial charge in [-0.15, -0.1) is 0 Å². The molecule has 0 aliphatic heterocycles. The average Bonchev–Trinajstić information content (AvgIpc) is 3.17. The molecule has 0 atom stereocenters. The summed E-state index contributed by atoms with van der Waals surface area (Å²) in [5.41, 5.74) is 6.26. The Morgan fingerprint density at radius 1 is 1.50 bits per heavy atom. The maximum Gasteiger partial charge on any atom is 0.270 e. The van der Waals surface area contributed by atoms with E-state index in [1.165, 1.54) is 18.2 Å². The average molecular weight is 277 g/mol. The molecule has 1 aromatic rings. The molecule has 0 unspecified atom stereocenters. The molecule has 108 valence electrons. The van der Waals surface area contributed by atoms with Gasteiger partial charge in [0.15, 0.2) is 0 Å². The molecule has 0 spiro atoms. The summed E-state index contributed by atoms with van der Waals surface area (Å²) in [6.45, 7) is 2.74. The molecule has 0 radical (unpaired) electrons. The Bertz CT molecular complexity index is 538. The van der Waals surface area contributed by atoms with E-state index in [4.69, 9.17) is 5.73 Å². The van der Waals surface area contributed by atoms with Crippen LogP contribution in [-0.4, -0.2) is 17.4 Å². The monoisotopic (exact) mass is 277 g/mol. The second-order valence-corrected chi connectivity index (χ2v) is 5.46. The predicted octanol–water partition coefficient (Wildman–Crippen LogP) is 2.49. The predicted molar refractivity (Wildman–Crippen MR) is 76.4 cm³/mol. The number of benzene rings is 1. The summed E-state index contributed by atoms with van der Waals surface area (Å²) in [4.78, 5) is 22.3. The Hall–Kier alpha value is -2.11. The van der Waals surface area contributed by atoms with Crippen molar-refractivity contribution >= 4 is 17.3 Å². The molecule has 6 heteroatoms. The molecule has 0 bridgehead atoms. The lowest BCUT2D eigenvalue weighted by Gasteiger charge is -2.15. The van der Waals surface area contributed by atoms with Crippen molar-refractivity contribution in [2.24, 2.45) is 5.41 Å². The summed E-state index contributed by atoms with van der Waals surface area (Å²) in [6, 6.07) is 3.92. The number of amides is 1. The van der Waals surface area contributed by atoms with Crippen molar-refractivity contribution in [3.8, 4) is 0 Å². The van der Waals surface area contributed by atoms with Crippen molar-refractivity contribution in [2.45, 2.75) is 32.6 Å². The van der Waals surface area contributed by atoms with Gasteiger partial charge in [0.2, 0.25) is 0 Å². The molecule has 1 aliphatic rings. The lowest BCUT2D eigenvalue weighted by molar-refractivity contribution is -0.384. The van der Waals surface area contributed by atoms with Crippen molar-refractivity contribution in [2.75, 3.05) is 12.3 Å². The summed E-state index contributed by atoms with van der Waals surface area (Å²) < 4.78 is 0. The zero-order valence-electron chi connectivity index (χ0n) is 11.5. The van der Waals surface area contributed by atoms with Gasteiger partial charge in [0, 0.05) is 24.4 Å². The van der Waals surface area contributed by atoms with E-state index in [-0.39, 0.29) is 28.3 Å². The maximum atomic E-state index is 12.1. The molecular weight excluding hydrogens is 258 g/mol. The fourth-order valence-electron chi connectivity index (χ4n) is 2.44. The fourth-order valence-corrected chi connectivity index (χ4v) is 2.44. The first-order chi connectivity index (χ1) is 9.47. The molecule has 0 saturated heterocycles. The molecule has 1 saturated carbocycles. The fraction of sp³-hybridized carbons (Fsp3) is 0.500. The molecule has 6 nitrogen and oxygen atoms in total. The number of rotatable bonds is 6. The second-order valence-electron chi connectivity index (χ2n) is 5.46. The van der Waals surface area contributed by atoms with Gasteiger partial charge in [0.05, 0.1) is 10.5 Å². The lowest BCUT2D eigenvalue weighted by Crippen LogP contribution is -2.30. The summed E-state index contributed by atoms with van der Waals surface area (Å²) in [6.07, 6.45) is 4.45. The van der Waals surface area contributed by atoms with E-state index in [2.05, 4.69) is 12.2 Å². The molecule has 3 N–H and O–H groups in total. The molecular formula is C14H19N3O3. The zero-order valence-corrected chi connectivity index (χ0v) is 11.5. The largest absolute Gasteiger partial charge is 0.398 e. The SMILES string of the molecule is CCCC1(CNC(=O)c2cc([N+](=O)[O-])ccc2N)CC1. The Morgan fingerprint density at radius 3 is 2.75 bits per heavy atom. The van der Waals surface area contributed by atoms with Crippen LogP contribution in [0.2, 0.25) is 0 Å². The van der Waals surface area contributed by atoms with Crippen LogP contribution in [0.4, 0.5) is 11.4 Å². The van der Waals surface area contributed by atoms with Gasteiger partial charge < -0.3 is 11.1 Å². The first-order valence-corrected chi connectivity index (χ1v) is 6.79. The van der Waals surface area contributed by atoms with Crippen LogP contribution in [0.25, 0.3) is 0 Å². The van der Waals surface area contributed by atoms with Gasteiger partial charge in [-0.05, 0) is 30.7 Å². The van der Waals surface area contributed by atoms with Crippen molar-refractivity contribution in [3.05, 3.63) is 33.9 Å². The number of carbonyl (C=O) groups excluding carboxylic acids is 1. The van der Waals surface area contributed by atoms with E-state index in [0.29, 0.717) is 6.54 Å². The Kier molecular flexibility index (Phi) is 3.92. The summed E-state index contributed by atoms with van der Waals surface area (Å²) in [7, 11) is 0. The normalized spacial score (nSPS) is 15.7. The highest BCUT2D eigenvalue weighted by atomic mass is 16.6. The first-order valence-electron chi connectivity index (χ1n) is 6.79. The number of nitrogens with one attached hydrogen (secondary N) is 1. The quantitative estimate of drug-likeness (QED) is 0.474. The topological polar surface area (TPSA) is 98.3 Å². The van der Waals surface area contributed by atoms with Crippen LogP contribution in [0.3, 0.4) is 0 Å². The van der Waals surface area contributed by atoms with E-state index >= 15 is 0 Å². The highest BCUT2D eigenvalue weighted by molar-refractivity contribution is 5.99. The van der Waals surface area contributed by atoms with E-state index in [1.54, 1.807) is 0 Å². The number of hydrogen-bond acceptors (Lipinski definition) is 4. The van der Waals surface area contributed by atoms with Gasteiger partial charge >= 0.3 is 0 Å². The second kappa shape index (κ2) is 5.48. The molecule has 0 heterocycles. The van der Waals surface area contributed by atoms with E-state index < -0.39 is 4.92 Å². The van der Waals surface area contributed by atoms with Crippen LogP contribution in [0, 0.1) is 15.5 Å². The smallest absolute Gasteiger partial charge is 0.270 e. The summed E-state index contributed by atoms with van der Waals surface area (Å²) in [5, 5.41) is 13.6. The Morgan fingerprint density at radius 2 is 2.20 bits per heavy atom. The van der Waals surface area contributed by atoms with E-state index in [1.807, 2.05) is 0 Å². The number of nitro groups is 1. The molecule has 1 amide bonds. The highest BCUT2D eigenvalue weighted by Gasteiger charge is 2.41. The minimum absolute atomic E-state index is 0.126. The minimum Gasteiger partial charge on any atom is -0.398 e. The Labute approximate surface area is 117 Å². The van der Waals surface area contributed by atoms with Crippen molar-refractivity contribution in [1.82, 2.24) is 5.32 Å². The summed E-state index contributed by atoms with van der Waals surface area (Å²) >= 11 is 0. The minimum atomic E-state index is -0.532. The van der Waals surface area contributed by atoms with Crippen LogP contribution >= 0.6 is 0 Å². The molecule has 2 rings (SSSR count). The van der Waals surface area contributed by atoms with Crippen LogP contribution in [0.15, 0.2) is 18.2 Å². The van der Waals surface area contributed by atoms with Crippen LogP contribution in [-0.2, 0) is 0 Å². The number of hydrogen-bond donors (Lipinski definition) is 2. The number of nitrogens with zero attached hydrogens (tertiary/aromatic N) is 1. The number of carbonyl (C=O) groups is 1. The highest BCUT2D eigenvalue weighted by Crippen LogP contribution is 2.48. The van der Waals surface area contributed by atoms with Crippen molar-refractivity contribution in [1.29, 1.82) is 0 Å². The van der Waals surface area contributed by atoms with Gasteiger partial charge in [-0.2, -0.15) is 0 Å². The van der Waals surface area contributed by atoms with Crippen LogP contribution in [0.1, 0.15) is 43.0 Å². The van der Waals surface area contributed by atoms with Gasteiger partial charge in [-0.1, -0.05) is 13.3 Å². The number of nitrogen functional groups attached to an aromatic ring is 1. The van der Waals surface area contributed by atoms with E-state index in [9.17, 15) is 14.9 Å². The number of non-ortho nitro benzene ring substituents is 1. The molecule has 1 aliphatic carbocycles. The number of nitrogens with two attached hydrogens (primary N) is 1. The standard InChI is InChI=1S/C14H19N3O3/c1-2-5-14(6-7-14)9-16-13(18)11-8-10(17(19)20)3-4-12(11)15/h3-4,8H,2,5-7,9,15H2,1H3,(H,16,18). The van der Waals surface area contributed by atoms with Gasteiger partial charge in [0.25, 0.3) is 11.6 Å². The van der Waals surface area contributed by atoms with Gasteiger partial charge in [-0.3, -0.25) is 14.9 Å². The molecule has 1 aromatic carbocycles. The Balaban J connectivity index is 2.05. The summed E-state index contributed by atoms with van der Waals surface area (Å²) in [5.74, 6) is -0.339. The third-order valence-corrected chi connectivity index (χ3v) is 3.85. The molecule has 1 fully saturated rings. The van der Waals surface area contributed by atoms with Crippen molar-refractivity contribution in [3.63, 3.8) is 0 Å². The van der Waals surface area contributed by atoms with E-state index in [0.717, 1.165) is 25.7 Å². The molecule has 20 heavy (non-hydrogen) atoms. The maximum absolute atomic E-state index is 12.1. The first kappa shape index (κ1) is 14.3. The van der Waals surface area contributed by atoms with Gasteiger partial charge in [0.1, 0.15) is 0 Å². The van der Waals surface area contributed by atoms with Gasteiger partial charge in [-0.25, -0.2) is 0 Å².